The number of phenolic OH excluding ortho intramolecular Hbond substituents is 1. The number of aromatic amines is 1. The molecule has 1 aliphatic heterocycles. The van der Waals surface area contributed by atoms with Crippen LogP contribution in [0.5, 0.6) is 23.0 Å². The van der Waals surface area contributed by atoms with Gasteiger partial charge in [-0.1, -0.05) is 18.5 Å². The number of H-pyrrole nitrogens is 1. The minimum Gasteiger partial charge on any atom is -0.507 e. The standard InChI is InChI=1S/C23H24ClN3O5/c1-5-8-27-21(12-9-16(30-2)22(32-4)17(10-12)31-3)18-19(25-26-20(18)23(27)29)14-11-13(24)6-7-15(14)28/h6-7,9-11,21,28H,5,8H2,1-4H3,(H,25,26). The first-order valence-corrected chi connectivity index (χ1v) is 10.5. The van der Waals surface area contributed by atoms with E-state index in [4.69, 9.17) is 25.8 Å². The number of carbonyl (C=O) groups excluding carboxylic acids is 1. The van der Waals surface area contributed by atoms with Crippen molar-refractivity contribution in [2.45, 2.75) is 19.4 Å². The van der Waals surface area contributed by atoms with Crippen LogP contribution in [0.15, 0.2) is 30.3 Å². The van der Waals surface area contributed by atoms with Crippen molar-refractivity contribution < 1.29 is 24.1 Å². The zero-order valence-corrected chi connectivity index (χ0v) is 19.0. The van der Waals surface area contributed by atoms with Crippen LogP contribution in [0.1, 0.15) is 41.0 Å². The third-order valence-electron chi connectivity index (χ3n) is 5.54. The van der Waals surface area contributed by atoms with Crippen molar-refractivity contribution in [1.82, 2.24) is 15.1 Å². The lowest BCUT2D eigenvalue weighted by molar-refractivity contribution is 0.0743. The molecule has 1 aliphatic rings. The van der Waals surface area contributed by atoms with Gasteiger partial charge in [-0.15, -0.1) is 0 Å². The number of amides is 1. The highest BCUT2D eigenvalue weighted by Gasteiger charge is 2.42. The van der Waals surface area contributed by atoms with Gasteiger partial charge >= 0.3 is 0 Å². The summed E-state index contributed by atoms with van der Waals surface area (Å²) in [6.07, 6.45) is 0.766. The second kappa shape index (κ2) is 8.63. The average Bonchev–Trinajstić information content (AvgIpc) is 3.34. The van der Waals surface area contributed by atoms with Crippen LogP contribution >= 0.6 is 11.6 Å². The summed E-state index contributed by atoms with van der Waals surface area (Å²) >= 11 is 6.18. The molecule has 1 amide bonds. The molecule has 2 heterocycles. The van der Waals surface area contributed by atoms with Crippen LogP contribution in [0, 0.1) is 0 Å². The number of nitrogens with one attached hydrogen (secondary N) is 1. The first kappa shape index (κ1) is 21.8. The predicted octanol–water partition coefficient (Wildman–Crippen LogP) is 4.42. The molecule has 1 atom stereocenters. The van der Waals surface area contributed by atoms with E-state index < -0.39 is 6.04 Å². The van der Waals surface area contributed by atoms with E-state index in [1.165, 1.54) is 13.2 Å². The van der Waals surface area contributed by atoms with E-state index in [0.29, 0.717) is 51.3 Å². The highest BCUT2D eigenvalue weighted by atomic mass is 35.5. The van der Waals surface area contributed by atoms with E-state index in [9.17, 15) is 9.90 Å². The molecule has 9 heteroatoms. The molecule has 0 aliphatic carbocycles. The van der Waals surface area contributed by atoms with Crippen LogP contribution in [0.3, 0.4) is 0 Å². The fourth-order valence-corrected chi connectivity index (χ4v) is 4.35. The monoisotopic (exact) mass is 457 g/mol. The van der Waals surface area contributed by atoms with E-state index in [-0.39, 0.29) is 11.7 Å². The molecule has 2 aromatic carbocycles. The van der Waals surface area contributed by atoms with Crippen LogP contribution in [-0.4, -0.2) is 54.0 Å². The molecular formula is C23H24ClN3O5. The summed E-state index contributed by atoms with van der Waals surface area (Å²) in [4.78, 5) is 15.1. The number of phenols is 1. The number of ether oxygens (including phenoxy) is 3. The van der Waals surface area contributed by atoms with Crippen LogP contribution in [-0.2, 0) is 0 Å². The van der Waals surface area contributed by atoms with Crippen LogP contribution in [0.25, 0.3) is 11.3 Å². The summed E-state index contributed by atoms with van der Waals surface area (Å²) in [7, 11) is 4.63. The molecule has 1 aromatic heterocycles. The van der Waals surface area contributed by atoms with Gasteiger partial charge in [-0.05, 0) is 42.3 Å². The fourth-order valence-electron chi connectivity index (χ4n) is 4.18. The molecular weight excluding hydrogens is 434 g/mol. The van der Waals surface area contributed by atoms with Crippen molar-refractivity contribution in [2.24, 2.45) is 0 Å². The highest BCUT2D eigenvalue weighted by molar-refractivity contribution is 6.31. The van der Waals surface area contributed by atoms with Crippen molar-refractivity contribution in [2.75, 3.05) is 27.9 Å². The second-order valence-electron chi connectivity index (χ2n) is 7.38. The lowest BCUT2D eigenvalue weighted by Crippen LogP contribution is -2.30. The summed E-state index contributed by atoms with van der Waals surface area (Å²) in [6.45, 7) is 2.54. The van der Waals surface area contributed by atoms with Gasteiger partial charge in [-0.3, -0.25) is 9.89 Å². The molecule has 32 heavy (non-hydrogen) atoms. The quantitative estimate of drug-likeness (QED) is 0.545. The predicted molar refractivity (Wildman–Crippen MR) is 120 cm³/mol. The van der Waals surface area contributed by atoms with E-state index in [0.717, 1.165) is 12.0 Å². The Bertz CT molecular complexity index is 1150. The zero-order valence-electron chi connectivity index (χ0n) is 18.2. The van der Waals surface area contributed by atoms with E-state index >= 15 is 0 Å². The number of fused-ring (bicyclic) bond motifs is 1. The lowest BCUT2D eigenvalue weighted by Gasteiger charge is -2.27. The first-order chi connectivity index (χ1) is 15.4. The maximum Gasteiger partial charge on any atom is 0.273 e. The molecule has 0 saturated heterocycles. The van der Waals surface area contributed by atoms with Crippen LogP contribution < -0.4 is 14.2 Å². The lowest BCUT2D eigenvalue weighted by atomic mass is 9.95. The molecule has 0 radical (unpaired) electrons. The van der Waals surface area contributed by atoms with E-state index in [2.05, 4.69) is 10.2 Å². The minimum absolute atomic E-state index is 0.0220. The number of rotatable bonds is 7. The number of carbonyl (C=O) groups is 1. The average molecular weight is 458 g/mol. The molecule has 0 bridgehead atoms. The van der Waals surface area contributed by atoms with Gasteiger partial charge < -0.3 is 24.2 Å². The van der Waals surface area contributed by atoms with Crippen molar-refractivity contribution >= 4 is 17.5 Å². The Morgan fingerprint density at radius 1 is 1.12 bits per heavy atom. The largest absolute Gasteiger partial charge is 0.507 e. The van der Waals surface area contributed by atoms with Gasteiger partial charge in [0.25, 0.3) is 5.91 Å². The maximum absolute atomic E-state index is 13.3. The third-order valence-corrected chi connectivity index (χ3v) is 5.78. The van der Waals surface area contributed by atoms with Gasteiger partial charge in [0.1, 0.15) is 17.1 Å². The Hall–Kier alpha value is -3.39. The van der Waals surface area contributed by atoms with E-state index in [1.807, 2.05) is 19.1 Å². The molecule has 8 nitrogen and oxygen atoms in total. The molecule has 168 valence electrons. The topological polar surface area (TPSA) is 96.9 Å². The second-order valence-corrected chi connectivity index (χ2v) is 7.82. The fraction of sp³-hybridized carbons (Fsp3) is 0.304. The minimum atomic E-state index is -0.474. The number of methoxy groups -OCH3 is 3. The molecule has 0 fully saturated rings. The number of aromatic hydroxyl groups is 1. The van der Waals surface area contributed by atoms with Gasteiger partial charge in [0.05, 0.1) is 27.4 Å². The molecule has 4 rings (SSSR count). The van der Waals surface area contributed by atoms with Gasteiger partial charge in [0.2, 0.25) is 5.75 Å². The summed E-state index contributed by atoms with van der Waals surface area (Å²) in [5.41, 5.74) is 2.72. The summed E-state index contributed by atoms with van der Waals surface area (Å²) in [6, 6.07) is 7.91. The molecule has 3 aromatic rings. The Labute approximate surface area is 190 Å². The van der Waals surface area contributed by atoms with Crippen LogP contribution in [0.4, 0.5) is 0 Å². The van der Waals surface area contributed by atoms with Gasteiger partial charge in [-0.25, -0.2) is 0 Å². The smallest absolute Gasteiger partial charge is 0.273 e. The number of aromatic nitrogens is 2. The molecule has 0 spiro atoms. The SMILES string of the molecule is CCCN1C(=O)c2[nH]nc(-c3cc(Cl)ccc3O)c2C1c1cc(OC)c(OC)c(OC)c1. The number of nitrogens with zero attached hydrogens (tertiary/aromatic N) is 2. The molecule has 1 unspecified atom stereocenters. The highest BCUT2D eigenvalue weighted by Crippen LogP contribution is 2.48. The third kappa shape index (κ3) is 3.40. The Morgan fingerprint density at radius 3 is 2.41 bits per heavy atom. The van der Waals surface area contributed by atoms with Crippen molar-refractivity contribution in [1.29, 1.82) is 0 Å². The van der Waals surface area contributed by atoms with Crippen molar-refractivity contribution in [3.63, 3.8) is 0 Å². The number of hydrogen-bond donors (Lipinski definition) is 2. The molecule has 0 saturated carbocycles. The van der Waals surface area contributed by atoms with Gasteiger partial charge in [0, 0.05) is 22.7 Å². The number of hydrogen-bond acceptors (Lipinski definition) is 6. The van der Waals surface area contributed by atoms with Gasteiger partial charge in [0.15, 0.2) is 11.5 Å². The number of benzene rings is 2. The van der Waals surface area contributed by atoms with Crippen molar-refractivity contribution in [3.05, 3.63) is 52.2 Å². The normalized spacial score (nSPS) is 15.1. The Balaban J connectivity index is 1.96. The van der Waals surface area contributed by atoms with Crippen LogP contribution in [0.2, 0.25) is 5.02 Å². The maximum atomic E-state index is 13.3. The zero-order chi connectivity index (χ0) is 23.0. The first-order valence-electron chi connectivity index (χ1n) is 10.1. The Kier molecular flexibility index (Phi) is 5.88. The summed E-state index contributed by atoms with van der Waals surface area (Å²) in [5, 5.41) is 18.2. The summed E-state index contributed by atoms with van der Waals surface area (Å²) < 4.78 is 16.5. The number of halogens is 1. The van der Waals surface area contributed by atoms with Gasteiger partial charge in [-0.2, -0.15) is 5.10 Å². The Morgan fingerprint density at radius 2 is 1.81 bits per heavy atom. The molecule has 2 N–H and O–H groups in total. The van der Waals surface area contributed by atoms with Crippen molar-refractivity contribution in [3.8, 4) is 34.3 Å². The summed E-state index contributed by atoms with van der Waals surface area (Å²) in [5.74, 6) is 1.28. The van der Waals surface area contributed by atoms with E-state index in [1.54, 1.807) is 31.3 Å².